The maximum atomic E-state index is 10.4. The Balaban J connectivity index is 2.71. The highest BCUT2D eigenvalue weighted by atomic mass is 16.5. The molecule has 0 aromatic heterocycles. The molecule has 0 aliphatic heterocycles. The van der Waals surface area contributed by atoms with Crippen LogP contribution in [0.5, 0.6) is 5.75 Å². The third-order valence-electron chi connectivity index (χ3n) is 3.23. The van der Waals surface area contributed by atoms with Crippen LogP contribution in [0.3, 0.4) is 0 Å². The summed E-state index contributed by atoms with van der Waals surface area (Å²) in [4.78, 5) is 0. The molecule has 0 amide bonds. The van der Waals surface area contributed by atoms with E-state index < -0.39 is 6.10 Å². The molecular formula is C15H25NO3. The molecule has 2 atom stereocenters. The van der Waals surface area contributed by atoms with Crippen molar-refractivity contribution in [2.75, 3.05) is 20.3 Å². The molecule has 1 rings (SSSR count). The second kappa shape index (κ2) is 8.15. The first-order chi connectivity index (χ1) is 9.10. The molecule has 0 saturated carbocycles. The molecule has 0 heterocycles. The summed E-state index contributed by atoms with van der Waals surface area (Å²) >= 11 is 0. The molecule has 4 nitrogen and oxygen atoms in total. The predicted molar refractivity (Wildman–Crippen MR) is 76.3 cm³/mol. The minimum Gasteiger partial charge on any atom is -0.497 e. The number of aliphatic hydroxyl groups is 2. The third-order valence-corrected chi connectivity index (χ3v) is 3.23. The van der Waals surface area contributed by atoms with Crippen molar-refractivity contribution >= 4 is 0 Å². The zero-order valence-corrected chi connectivity index (χ0v) is 12.0. The van der Waals surface area contributed by atoms with Crippen LogP contribution in [0.2, 0.25) is 0 Å². The summed E-state index contributed by atoms with van der Waals surface area (Å²) in [5, 5.41) is 22.6. The van der Waals surface area contributed by atoms with E-state index in [0.717, 1.165) is 11.3 Å². The standard InChI is InChI=1S/C15H25NO3/c1-11(2)14(16-9-4-10-17)15(18)12-5-7-13(19-3)8-6-12/h5-8,11,14-18H,4,9-10H2,1-3H3. The summed E-state index contributed by atoms with van der Waals surface area (Å²) in [6.45, 7) is 5.01. The smallest absolute Gasteiger partial charge is 0.118 e. The molecule has 108 valence electrons. The van der Waals surface area contributed by atoms with Gasteiger partial charge in [-0.3, -0.25) is 0 Å². The molecule has 0 bridgehead atoms. The summed E-state index contributed by atoms with van der Waals surface area (Å²) in [6.07, 6.45) is 0.128. The zero-order valence-electron chi connectivity index (χ0n) is 12.0. The van der Waals surface area contributed by atoms with Gasteiger partial charge in [0.15, 0.2) is 0 Å². The SMILES string of the molecule is COc1ccc(C(O)C(NCCCO)C(C)C)cc1. The number of ether oxygens (including phenoxy) is 1. The molecule has 0 fully saturated rings. The van der Waals surface area contributed by atoms with Crippen molar-refractivity contribution in [3.63, 3.8) is 0 Å². The number of hydrogen-bond donors (Lipinski definition) is 3. The van der Waals surface area contributed by atoms with E-state index in [9.17, 15) is 5.11 Å². The Morgan fingerprint density at radius 2 is 1.84 bits per heavy atom. The first-order valence-corrected chi connectivity index (χ1v) is 6.76. The van der Waals surface area contributed by atoms with Crippen LogP contribution in [-0.4, -0.2) is 36.5 Å². The third kappa shape index (κ3) is 4.82. The average Bonchev–Trinajstić information content (AvgIpc) is 2.42. The fourth-order valence-corrected chi connectivity index (χ4v) is 2.07. The topological polar surface area (TPSA) is 61.7 Å². The molecule has 0 aliphatic rings. The van der Waals surface area contributed by atoms with E-state index in [1.54, 1.807) is 7.11 Å². The minimum atomic E-state index is -0.565. The fourth-order valence-electron chi connectivity index (χ4n) is 2.07. The quantitative estimate of drug-likeness (QED) is 0.628. The van der Waals surface area contributed by atoms with Gasteiger partial charge >= 0.3 is 0 Å². The summed E-state index contributed by atoms with van der Waals surface area (Å²) in [6, 6.07) is 7.44. The van der Waals surface area contributed by atoms with Crippen molar-refractivity contribution in [2.24, 2.45) is 5.92 Å². The average molecular weight is 267 g/mol. The van der Waals surface area contributed by atoms with Crippen LogP contribution >= 0.6 is 0 Å². The Kier molecular flexibility index (Phi) is 6.84. The van der Waals surface area contributed by atoms with Gasteiger partial charge in [0.1, 0.15) is 5.75 Å². The molecular weight excluding hydrogens is 242 g/mol. The van der Waals surface area contributed by atoms with Crippen LogP contribution in [-0.2, 0) is 0 Å². The molecule has 0 spiro atoms. The number of benzene rings is 1. The number of nitrogens with one attached hydrogen (secondary N) is 1. The number of rotatable bonds is 8. The van der Waals surface area contributed by atoms with Crippen molar-refractivity contribution in [1.29, 1.82) is 0 Å². The van der Waals surface area contributed by atoms with E-state index in [2.05, 4.69) is 19.2 Å². The summed E-state index contributed by atoms with van der Waals surface area (Å²) in [7, 11) is 1.62. The van der Waals surface area contributed by atoms with Crippen molar-refractivity contribution in [2.45, 2.75) is 32.4 Å². The Morgan fingerprint density at radius 3 is 2.32 bits per heavy atom. The van der Waals surface area contributed by atoms with Gasteiger partial charge in [-0.05, 0) is 36.6 Å². The van der Waals surface area contributed by atoms with Crippen LogP contribution in [0.25, 0.3) is 0 Å². The van der Waals surface area contributed by atoms with E-state index in [1.807, 2.05) is 24.3 Å². The predicted octanol–water partition coefficient (Wildman–Crippen LogP) is 1.73. The molecule has 1 aromatic carbocycles. The van der Waals surface area contributed by atoms with Crippen molar-refractivity contribution < 1.29 is 14.9 Å². The summed E-state index contributed by atoms with van der Waals surface area (Å²) < 4.78 is 5.11. The van der Waals surface area contributed by atoms with Gasteiger partial charge in [0.25, 0.3) is 0 Å². The highest BCUT2D eigenvalue weighted by Gasteiger charge is 2.23. The highest BCUT2D eigenvalue weighted by Crippen LogP contribution is 2.23. The van der Waals surface area contributed by atoms with Crippen molar-refractivity contribution in [3.05, 3.63) is 29.8 Å². The van der Waals surface area contributed by atoms with E-state index in [4.69, 9.17) is 9.84 Å². The van der Waals surface area contributed by atoms with Crippen LogP contribution in [0.15, 0.2) is 24.3 Å². The fraction of sp³-hybridized carbons (Fsp3) is 0.600. The molecule has 0 saturated heterocycles. The van der Waals surface area contributed by atoms with E-state index in [0.29, 0.717) is 18.9 Å². The van der Waals surface area contributed by atoms with Crippen molar-refractivity contribution in [3.8, 4) is 5.75 Å². The maximum Gasteiger partial charge on any atom is 0.118 e. The lowest BCUT2D eigenvalue weighted by atomic mass is 9.93. The largest absolute Gasteiger partial charge is 0.497 e. The maximum absolute atomic E-state index is 10.4. The van der Waals surface area contributed by atoms with Gasteiger partial charge in [0, 0.05) is 12.6 Å². The number of aliphatic hydroxyl groups excluding tert-OH is 2. The second-order valence-corrected chi connectivity index (χ2v) is 5.02. The first-order valence-electron chi connectivity index (χ1n) is 6.76. The Labute approximate surface area is 115 Å². The van der Waals surface area contributed by atoms with Gasteiger partial charge in [-0.25, -0.2) is 0 Å². The van der Waals surface area contributed by atoms with E-state index >= 15 is 0 Å². The molecule has 1 aromatic rings. The van der Waals surface area contributed by atoms with E-state index in [-0.39, 0.29) is 12.6 Å². The summed E-state index contributed by atoms with van der Waals surface area (Å²) in [5.41, 5.74) is 0.871. The van der Waals surface area contributed by atoms with Gasteiger partial charge in [-0.2, -0.15) is 0 Å². The molecule has 19 heavy (non-hydrogen) atoms. The summed E-state index contributed by atoms with van der Waals surface area (Å²) in [5.74, 6) is 1.08. The Bertz CT molecular complexity index is 351. The molecule has 4 heteroatoms. The minimum absolute atomic E-state index is 0.0278. The van der Waals surface area contributed by atoms with Crippen molar-refractivity contribution in [1.82, 2.24) is 5.32 Å². The van der Waals surface area contributed by atoms with Gasteiger partial charge in [-0.15, -0.1) is 0 Å². The number of hydrogen-bond acceptors (Lipinski definition) is 4. The highest BCUT2D eigenvalue weighted by molar-refractivity contribution is 5.29. The van der Waals surface area contributed by atoms with Crippen LogP contribution < -0.4 is 10.1 Å². The van der Waals surface area contributed by atoms with Gasteiger partial charge in [0.2, 0.25) is 0 Å². The van der Waals surface area contributed by atoms with Crippen LogP contribution in [0.4, 0.5) is 0 Å². The monoisotopic (exact) mass is 267 g/mol. The molecule has 3 N–H and O–H groups in total. The lowest BCUT2D eigenvalue weighted by molar-refractivity contribution is 0.104. The normalized spacial score (nSPS) is 14.4. The van der Waals surface area contributed by atoms with Gasteiger partial charge in [-0.1, -0.05) is 26.0 Å². The Morgan fingerprint density at radius 1 is 1.21 bits per heavy atom. The Hall–Kier alpha value is -1.10. The molecule has 0 aliphatic carbocycles. The van der Waals surface area contributed by atoms with Crippen LogP contribution in [0, 0.1) is 5.92 Å². The first kappa shape index (κ1) is 16.0. The van der Waals surface area contributed by atoms with Gasteiger partial charge < -0.3 is 20.3 Å². The van der Waals surface area contributed by atoms with E-state index in [1.165, 1.54) is 0 Å². The van der Waals surface area contributed by atoms with Gasteiger partial charge in [0.05, 0.1) is 13.2 Å². The lowest BCUT2D eigenvalue weighted by Crippen LogP contribution is -2.40. The molecule has 2 unspecified atom stereocenters. The zero-order chi connectivity index (χ0) is 14.3. The molecule has 0 radical (unpaired) electrons. The van der Waals surface area contributed by atoms with Crippen LogP contribution in [0.1, 0.15) is 31.9 Å². The second-order valence-electron chi connectivity index (χ2n) is 5.02. The number of methoxy groups -OCH3 is 1. The lowest BCUT2D eigenvalue weighted by Gasteiger charge is -2.28.